The maximum atomic E-state index is 5.53. The Morgan fingerprint density at radius 3 is 3.00 bits per heavy atom. The first-order valence-corrected chi connectivity index (χ1v) is 6.09. The zero-order valence-corrected chi connectivity index (χ0v) is 10.6. The highest BCUT2D eigenvalue weighted by Crippen LogP contribution is 2.03. The second-order valence-corrected chi connectivity index (χ2v) is 3.98. The lowest BCUT2D eigenvalue weighted by Gasteiger charge is -2.14. The van der Waals surface area contributed by atoms with Gasteiger partial charge in [-0.3, -0.25) is 0 Å². The molecule has 0 saturated carbocycles. The molecule has 0 radical (unpaired) electrons. The van der Waals surface area contributed by atoms with Crippen molar-refractivity contribution in [1.29, 1.82) is 0 Å². The van der Waals surface area contributed by atoms with Crippen molar-refractivity contribution < 1.29 is 4.74 Å². The smallest absolute Gasteiger partial charge is 0.0949 e. The molecule has 1 atom stereocenters. The van der Waals surface area contributed by atoms with Crippen molar-refractivity contribution in [1.82, 2.24) is 14.9 Å². The molecule has 4 nitrogen and oxygen atoms in total. The summed E-state index contributed by atoms with van der Waals surface area (Å²) in [6, 6.07) is 0. The Morgan fingerprint density at radius 1 is 1.50 bits per heavy atom. The average molecular weight is 225 g/mol. The van der Waals surface area contributed by atoms with Gasteiger partial charge in [-0.1, -0.05) is 6.92 Å². The van der Waals surface area contributed by atoms with Gasteiger partial charge < -0.3 is 14.6 Å². The van der Waals surface area contributed by atoms with Crippen molar-refractivity contribution in [2.24, 2.45) is 0 Å². The molecule has 1 rings (SSSR count). The van der Waals surface area contributed by atoms with E-state index in [1.807, 2.05) is 19.4 Å². The Hall–Kier alpha value is -0.870. The predicted molar refractivity (Wildman–Crippen MR) is 65.3 cm³/mol. The number of imidazole rings is 1. The molecule has 0 aliphatic heterocycles. The van der Waals surface area contributed by atoms with E-state index in [-0.39, 0.29) is 6.10 Å². The maximum absolute atomic E-state index is 5.53. The van der Waals surface area contributed by atoms with Gasteiger partial charge in [-0.25, -0.2) is 4.98 Å². The van der Waals surface area contributed by atoms with Gasteiger partial charge in [0.15, 0.2) is 0 Å². The number of nitrogens with one attached hydrogen (secondary N) is 1. The molecule has 1 N–H and O–H groups in total. The third-order valence-electron chi connectivity index (χ3n) is 2.44. The van der Waals surface area contributed by atoms with Crippen LogP contribution in [0, 0.1) is 0 Å². The fraction of sp³-hybridized carbons (Fsp3) is 0.750. The zero-order chi connectivity index (χ0) is 11.8. The number of ether oxygens (including phenoxy) is 1. The van der Waals surface area contributed by atoms with Gasteiger partial charge in [0.1, 0.15) is 0 Å². The summed E-state index contributed by atoms with van der Waals surface area (Å²) < 4.78 is 7.68. The summed E-state index contributed by atoms with van der Waals surface area (Å²) in [5, 5.41) is 3.38. The number of nitrogens with zero attached hydrogens (tertiary/aromatic N) is 2. The lowest BCUT2D eigenvalue weighted by Crippen LogP contribution is -2.21. The molecule has 0 saturated heterocycles. The summed E-state index contributed by atoms with van der Waals surface area (Å²) in [6.07, 6.45) is 5.19. The van der Waals surface area contributed by atoms with Crippen molar-refractivity contribution in [2.75, 3.05) is 13.2 Å². The molecule has 0 aliphatic carbocycles. The van der Waals surface area contributed by atoms with Crippen LogP contribution >= 0.6 is 0 Å². The summed E-state index contributed by atoms with van der Waals surface area (Å²) in [7, 11) is 0. The monoisotopic (exact) mass is 225 g/mol. The minimum Gasteiger partial charge on any atom is -0.377 e. The van der Waals surface area contributed by atoms with Gasteiger partial charge in [-0.2, -0.15) is 0 Å². The normalized spacial score (nSPS) is 12.9. The van der Waals surface area contributed by atoms with E-state index in [1.165, 1.54) is 5.69 Å². The number of rotatable bonds is 8. The van der Waals surface area contributed by atoms with Crippen LogP contribution < -0.4 is 5.32 Å². The Labute approximate surface area is 98.0 Å². The van der Waals surface area contributed by atoms with Crippen molar-refractivity contribution in [3.05, 3.63) is 18.2 Å². The topological polar surface area (TPSA) is 39.1 Å². The van der Waals surface area contributed by atoms with E-state index < -0.39 is 0 Å². The molecule has 92 valence electrons. The fourth-order valence-corrected chi connectivity index (χ4v) is 1.67. The lowest BCUT2D eigenvalue weighted by atomic mass is 10.3. The van der Waals surface area contributed by atoms with E-state index in [0.717, 1.165) is 32.7 Å². The standard InChI is InChI=1S/C12H23N3O/c1-4-6-13-7-12-8-14-10-15(12)9-11(3)16-5-2/h8,10-11,13H,4-7,9H2,1-3H3. The minimum absolute atomic E-state index is 0.240. The molecule has 0 amide bonds. The summed E-state index contributed by atoms with van der Waals surface area (Å²) in [5.41, 5.74) is 1.22. The van der Waals surface area contributed by atoms with Gasteiger partial charge >= 0.3 is 0 Å². The Balaban J connectivity index is 2.43. The predicted octanol–water partition coefficient (Wildman–Crippen LogP) is 1.81. The lowest BCUT2D eigenvalue weighted by molar-refractivity contribution is 0.0634. The van der Waals surface area contributed by atoms with Crippen LogP contribution in [0.4, 0.5) is 0 Å². The fourth-order valence-electron chi connectivity index (χ4n) is 1.67. The summed E-state index contributed by atoms with van der Waals surface area (Å²) >= 11 is 0. The van der Waals surface area contributed by atoms with Crippen molar-refractivity contribution in [3.8, 4) is 0 Å². The molecule has 1 aromatic heterocycles. The molecule has 1 heterocycles. The van der Waals surface area contributed by atoms with Crippen LogP contribution in [0.2, 0.25) is 0 Å². The molecule has 0 aliphatic rings. The van der Waals surface area contributed by atoms with Crippen LogP contribution in [0.25, 0.3) is 0 Å². The first-order valence-electron chi connectivity index (χ1n) is 6.09. The molecular formula is C12H23N3O. The second kappa shape index (κ2) is 7.41. The molecule has 4 heteroatoms. The third kappa shape index (κ3) is 4.33. The van der Waals surface area contributed by atoms with Gasteiger partial charge in [0.05, 0.1) is 18.1 Å². The Morgan fingerprint density at radius 2 is 2.31 bits per heavy atom. The van der Waals surface area contributed by atoms with E-state index in [0.29, 0.717) is 0 Å². The SMILES string of the molecule is CCCNCc1cncn1CC(C)OCC. The van der Waals surface area contributed by atoms with Crippen LogP contribution in [0.1, 0.15) is 32.9 Å². The Bertz CT molecular complexity index is 286. The number of aromatic nitrogens is 2. The van der Waals surface area contributed by atoms with Gasteiger partial charge in [0.2, 0.25) is 0 Å². The minimum atomic E-state index is 0.240. The highest BCUT2D eigenvalue weighted by molar-refractivity contribution is 4.98. The van der Waals surface area contributed by atoms with Crippen molar-refractivity contribution in [3.63, 3.8) is 0 Å². The van der Waals surface area contributed by atoms with Crippen LogP contribution in [-0.4, -0.2) is 28.8 Å². The molecule has 16 heavy (non-hydrogen) atoms. The van der Waals surface area contributed by atoms with Crippen molar-refractivity contribution >= 4 is 0 Å². The summed E-state index contributed by atoms with van der Waals surface area (Å²) in [4.78, 5) is 4.18. The number of hydrogen-bond acceptors (Lipinski definition) is 3. The zero-order valence-electron chi connectivity index (χ0n) is 10.6. The molecule has 0 fully saturated rings. The quantitative estimate of drug-likeness (QED) is 0.686. The molecule has 1 aromatic rings. The van der Waals surface area contributed by atoms with E-state index >= 15 is 0 Å². The van der Waals surface area contributed by atoms with Gasteiger partial charge in [-0.05, 0) is 26.8 Å². The van der Waals surface area contributed by atoms with Crippen LogP contribution in [-0.2, 0) is 17.8 Å². The highest BCUT2D eigenvalue weighted by atomic mass is 16.5. The first kappa shape index (κ1) is 13.2. The summed E-state index contributed by atoms with van der Waals surface area (Å²) in [5.74, 6) is 0. The second-order valence-electron chi connectivity index (χ2n) is 3.98. The Kier molecular flexibility index (Phi) is 6.11. The number of hydrogen-bond donors (Lipinski definition) is 1. The van der Waals surface area contributed by atoms with Crippen LogP contribution in [0.15, 0.2) is 12.5 Å². The van der Waals surface area contributed by atoms with Crippen molar-refractivity contribution in [2.45, 2.75) is 46.4 Å². The summed E-state index contributed by atoms with van der Waals surface area (Å²) in [6.45, 7) is 9.84. The van der Waals surface area contributed by atoms with Gasteiger partial charge in [0.25, 0.3) is 0 Å². The van der Waals surface area contributed by atoms with Gasteiger partial charge in [-0.15, -0.1) is 0 Å². The molecule has 0 bridgehead atoms. The highest BCUT2D eigenvalue weighted by Gasteiger charge is 2.06. The van der Waals surface area contributed by atoms with E-state index in [4.69, 9.17) is 4.74 Å². The van der Waals surface area contributed by atoms with Crippen LogP contribution in [0.5, 0.6) is 0 Å². The van der Waals surface area contributed by atoms with E-state index in [2.05, 4.69) is 28.7 Å². The first-order chi connectivity index (χ1) is 7.77. The van der Waals surface area contributed by atoms with Crippen LogP contribution in [0.3, 0.4) is 0 Å². The van der Waals surface area contributed by atoms with E-state index in [9.17, 15) is 0 Å². The van der Waals surface area contributed by atoms with E-state index in [1.54, 1.807) is 0 Å². The largest absolute Gasteiger partial charge is 0.377 e. The maximum Gasteiger partial charge on any atom is 0.0949 e. The van der Waals surface area contributed by atoms with Gasteiger partial charge in [0, 0.05) is 25.9 Å². The molecule has 0 aromatic carbocycles. The molecule has 1 unspecified atom stereocenters. The third-order valence-corrected chi connectivity index (χ3v) is 2.44. The molecular weight excluding hydrogens is 202 g/mol. The molecule has 0 spiro atoms. The average Bonchev–Trinajstić information content (AvgIpc) is 2.66.